The van der Waals surface area contributed by atoms with E-state index in [9.17, 15) is 23.3 Å². The summed E-state index contributed by atoms with van der Waals surface area (Å²) in [5.41, 5.74) is 3.84. The Labute approximate surface area is 105 Å². The van der Waals surface area contributed by atoms with Crippen molar-refractivity contribution < 1.29 is 18.1 Å². The molecule has 3 N–H and O–H groups in total. The van der Waals surface area contributed by atoms with E-state index in [0.717, 1.165) is 6.07 Å². The van der Waals surface area contributed by atoms with Gasteiger partial charge >= 0.3 is 0 Å². The van der Waals surface area contributed by atoms with Gasteiger partial charge in [0.05, 0.1) is 29.1 Å². The number of nitrogens with zero attached hydrogens (tertiary/aromatic N) is 1. The van der Waals surface area contributed by atoms with Crippen molar-refractivity contribution in [2.24, 2.45) is 5.73 Å². The van der Waals surface area contributed by atoms with Crippen molar-refractivity contribution in [3.8, 4) is 0 Å². The molecule has 0 aromatic heterocycles. The van der Waals surface area contributed by atoms with Gasteiger partial charge in [-0.05, 0) is 6.07 Å². The number of rotatable bonds is 5. The molecule has 0 atom stereocenters. The van der Waals surface area contributed by atoms with E-state index >= 15 is 0 Å². The highest BCUT2D eigenvalue weighted by atomic mass is 35.5. The maximum Gasteiger partial charge on any atom is 0.295 e. The zero-order valence-corrected chi connectivity index (χ0v) is 9.68. The van der Waals surface area contributed by atoms with E-state index in [-0.39, 0.29) is 5.69 Å². The molecule has 100 valence electrons. The third-order valence-corrected chi connectivity index (χ3v) is 2.36. The summed E-state index contributed by atoms with van der Waals surface area (Å²) in [5, 5.41) is 12.4. The van der Waals surface area contributed by atoms with Crippen LogP contribution >= 0.6 is 11.6 Å². The number of nitro groups is 1. The van der Waals surface area contributed by atoms with Gasteiger partial charge in [0.25, 0.3) is 11.6 Å². The second-order valence-electron chi connectivity index (χ2n) is 3.45. The van der Waals surface area contributed by atoms with Crippen LogP contribution in [0.15, 0.2) is 12.1 Å². The molecule has 0 fully saturated rings. The smallest absolute Gasteiger partial charge is 0.295 e. The summed E-state index contributed by atoms with van der Waals surface area (Å²) < 4.78 is 38.8. The molecule has 0 aliphatic heterocycles. The van der Waals surface area contributed by atoms with Crippen LogP contribution in [0.2, 0.25) is 5.02 Å². The van der Waals surface area contributed by atoms with Crippen molar-refractivity contribution in [3.05, 3.63) is 33.1 Å². The van der Waals surface area contributed by atoms with Crippen LogP contribution in [-0.2, 0) is 0 Å². The molecule has 18 heavy (non-hydrogen) atoms. The fraction of sp³-hybridized carbons (Fsp3) is 0.333. The fourth-order valence-corrected chi connectivity index (χ4v) is 1.29. The summed E-state index contributed by atoms with van der Waals surface area (Å²) in [6.07, 6.45) is 0. The minimum Gasteiger partial charge on any atom is -0.373 e. The zero-order chi connectivity index (χ0) is 13.9. The molecule has 0 radical (unpaired) electrons. The highest BCUT2D eigenvalue weighted by Crippen LogP contribution is 2.30. The first-order valence-electron chi connectivity index (χ1n) is 4.72. The summed E-state index contributed by atoms with van der Waals surface area (Å²) in [4.78, 5) is 9.72. The average molecular weight is 284 g/mol. The molecule has 0 amide bonds. The molecule has 1 aromatic rings. The predicted molar refractivity (Wildman–Crippen MR) is 60.6 cm³/mol. The van der Waals surface area contributed by atoms with Gasteiger partial charge in [-0.25, -0.2) is 13.2 Å². The van der Waals surface area contributed by atoms with Gasteiger partial charge in [-0.1, -0.05) is 11.6 Å². The maximum absolute atomic E-state index is 13.0. The highest BCUT2D eigenvalue weighted by Gasteiger charge is 2.28. The Bertz CT molecular complexity index is 471. The summed E-state index contributed by atoms with van der Waals surface area (Å²) in [7, 11) is 0. The number of hydrogen-bond acceptors (Lipinski definition) is 4. The molecule has 0 aliphatic carbocycles. The van der Waals surface area contributed by atoms with Gasteiger partial charge in [-0.2, -0.15) is 0 Å². The molecule has 5 nitrogen and oxygen atoms in total. The van der Waals surface area contributed by atoms with Crippen LogP contribution in [0.1, 0.15) is 0 Å². The summed E-state index contributed by atoms with van der Waals surface area (Å²) in [6, 6.07) is 1.44. The number of alkyl halides is 2. The van der Waals surface area contributed by atoms with Crippen molar-refractivity contribution in [1.29, 1.82) is 0 Å². The molecule has 1 aromatic carbocycles. The standard InChI is InChI=1S/C9H9ClF3N3O2/c10-5-1-7(15-4-9(12,13)3-14)8(16(17)18)2-6(5)11/h1-2,15H,3-4,14H2. The largest absolute Gasteiger partial charge is 0.373 e. The lowest BCUT2D eigenvalue weighted by molar-refractivity contribution is -0.384. The van der Waals surface area contributed by atoms with E-state index in [2.05, 4.69) is 5.32 Å². The number of benzene rings is 1. The molecule has 0 spiro atoms. The fourth-order valence-electron chi connectivity index (χ4n) is 1.13. The van der Waals surface area contributed by atoms with E-state index in [1.807, 2.05) is 0 Å². The van der Waals surface area contributed by atoms with E-state index in [1.165, 1.54) is 0 Å². The number of nitro benzene ring substituents is 1. The first-order chi connectivity index (χ1) is 8.26. The van der Waals surface area contributed by atoms with Gasteiger partial charge in [0.1, 0.15) is 11.5 Å². The van der Waals surface area contributed by atoms with Crippen LogP contribution < -0.4 is 11.1 Å². The third-order valence-electron chi connectivity index (χ3n) is 2.07. The first kappa shape index (κ1) is 14.5. The molecule has 1 rings (SSSR count). The Kier molecular flexibility index (Phi) is 4.36. The summed E-state index contributed by atoms with van der Waals surface area (Å²) in [6.45, 7) is -1.82. The van der Waals surface area contributed by atoms with Gasteiger partial charge in [-0.15, -0.1) is 0 Å². The lowest BCUT2D eigenvalue weighted by Gasteiger charge is -2.15. The Hall–Kier alpha value is -1.54. The SMILES string of the molecule is NCC(F)(F)CNc1cc(Cl)c(F)cc1[N+](=O)[O-]. The number of halogens is 4. The van der Waals surface area contributed by atoms with Gasteiger partial charge < -0.3 is 11.1 Å². The first-order valence-corrected chi connectivity index (χ1v) is 5.10. The van der Waals surface area contributed by atoms with Gasteiger partial charge in [0, 0.05) is 0 Å². The quantitative estimate of drug-likeness (QED) is 0.642. The Balaban J connectivity index is 3.01. The summed E-state index contributed by atoms with van der Waals surface area (Å²) in [5.74, 6) is -4.23. The van der Waals surface area contributed by atoms with Crippen LogP contribution in [0.5, 0.6) is 0 Å². The Morgan fingerprint density at radius 3 is 2.61 bits per heavy atom. The predicted octanol–water partition coefficient (Wildman–Crippen LogP) is 2.39. The van der Waals surface area contributed by atoms with Gasteiger partial charge in [0.15, 0.2) is 0 Å². The number of nitrogens with one attached hydrogen (secondary N) is 1. The molecule has 0 saturated carbocycles. The van der Waals surface area contributed by atoms with E-state index < -0.39 is 40.5 Å². The van der Waals surface area contributed by atoms with Crippen molar-refractivity contribution in [2.45, 2.75) is 5.92 Å². The number of anilines is 1. The minimum absolute atomic E-state index is 0.292. The lowest BCUT2D eigenvalue weighted by atomic mass is 10.2. The molecular weight excluding hydrogens is 275 g/mol. The normalized spacial score (nSPS) is 11.4. The van der Waals surface area contributed by atoms with Crippen molar-refractivity contribution in [1.82, 2.24) is 0 Å². The second kappa shape index (κ2) is 5.40. The van der Waals surface area contributed by atoms with Crippen LogP contribution in [-0.4, -0.2) is 23.9 Å². The molecular formula is C9H9ClF3N3O2. The maximum atomic E-state index is 13.0. The van der Waals surface area contributed by atoms with E-state index in [0.29, 0.717) is 6.07 Å². The molecule has 9 heteroatoms. The molecule has 0 bridgehead atoms. The Morgan fingerprint density at radius 1 is 1.50 bits per heavy atom. The lowest BCUT2D eigenvalue weighted by Crippen LogP contribution is -2.35. The second-order valence-corrected chi connectivity index (χ2v) is 3.86. The third kappa shape index (κ3) is 3.47. The summed E-state index contributed by atoms with van der Waals surface area (Å²) >= 11 is 5.42. The van der Waals surface area contributed by atoms with Crippen LogP contribution in [0.25, 0.3) is 0 Å². The Morgan fingerprint density at radius 2 is 2.11 bits per heavy atom. The monoisotopic (exact) mass is 283 g/mol. The number of hydrogen-bond donors (Lipinski definition) is 2. The topological polar surface area (TPSA) is 81.2 Å². The zero-order valence-electron chi connectivity index (χ0n) is 8.92. The van der Waals surface area contributed by atoms with Crippen molar-refractivity contribution in [2.75, 3.05) is 18.4 Å². The van der Waals surface area contributed by atoms with Gasteiger partial charge in [0.2, 0.25) is 0 Å². The minimum atomic E-state index is -3.23. The number of nitrogens with two attached hydrogens (primary N) is 1. The van der Waals surface area contributed by atoms with Crippen LogP contribution in [0.4, 0.5) is 24.5 Å². The average Bonchev–Trinajstić information content (AvgIpc) is 2.30. The highest BCUT2D eigenvalue weighted by molar-refractivity contribution is 6.31. The van der Waals surface area contributed by atoms with Crippen LogP contribution in [0.3, 0.4) is 0 Å². The van der Waals surface area contributed by atoms with Crippen LogP contribution in [0, 0.1) is 15.9 Å². The molecule has 0 aliphatic rings. The molecule has 0 heterocycles. The van der Waals surface area contributed by atoms with E-state index in [1.54, 1.807) is 0 Å². The molecule has 0 unspecified atom stereocenters. The van der Waals surface area contributed by atoms with Crippen molar-refractivity contribution >= 4 is 23.0 Å². The van der Waals surface area contributed by atoms with E-state index in [4.69, 9.17) is 17.3 Å². The van der Waals surface area contributed by atoms with Crippen molar-refractivity contribution in [3.63, 3.8) is 0 Å². The molecule has 0 saturated heterocycles. The van der Waals surface area contributed by atoms with Gasteiger partial charge in [-0.3, -0.25) is 10.1 Å².